The number of ether oxygens (including phenoxy) is 3. The second-order valence-electron chi connectivity index (χ2n) is 6.41. The number of aliphatic hydroxyl groups is 1. The van der Waals surface area contributed by atoms with Gasteiger partial charge in [0.05, 0.1) is 25.9 Å². The van der Waals surface area contributed by atoms with Gasteiger partial charge in [0.2, 0.25) is 6.79 Å². The Morgan fingerprint density at radius 1 is 1.24 bits per heavy atom. The normalized spacial score (nSPS) is 17.5. The number of aliphatic hydroxyl groups excluding tert-OH is 1. The van der Waals surface area contributed by atoms with Crippen LogP contribution in [0.15, 0.2) is 18.2 Å². The van der Waals surface area contributed by atoms with Crippen molar-refractivity contribution in [1.82, 2.24) is 19.7 Å². The largest absolute Gasteiger partial charge is 0.454 e. The molecule has 134 valence electrons. The molecule has 0 unspecified atom stereocenters. The van der Waals surface area contributed by atoms with Gasteiger partial charge in [-0.1, -0.05) is 6.07 Å². The van der Waals surface area contributed by atoms with Crippen LogP contribution in [0.25, 0.3) is 0 Å². The molecule has 1 atom stereocenters. The lowest BCUT2D eigenvalue weighted by atomic mass is 10.2. The zero-order valence-electron chi connectivity index (χ0n) is 14.2. The highest BCUT2D eigenvalue weighted by molar-refractivity contribution is 5.44. The van der Waals surface area contributed by atoms with E-state index in [4.69, 9.17) is 14.2 Å². The highest BCUT2D eigenvalue weighted by Gasteiger charge is 2.21. The van der Waals surface area contributed by atoms with Crippen LogP contribution < -0.4 is 9.47 Å². The molecule has 0 saturated heterocycles. The molecule has 0 amide bonds. The Morgan fingerprint density at radius 3 is 3.04 bits per heavy atom. The summed E-state index contributed by atoms with van der Waals surface area (Å²) in [6, 6.07) is 5.73. The Bertz CT molecular complexity index is 748. The van der Waals surface area contributed by atoms with Crippen molar-refractivity contribution >= 4 is 0 Å². The molecule has 0 aliphatic carbocycles. The van der Waals surface area contributed by atoms with Gasteiger partial charge in [-0.25, -0.2) is 0 Å². The molecule has 25 heavy (non-hydrogen) atoms. The number of aryl methyl sites for hydroxylation is 1. The molecule has 0 spiro atoms. The van der Waals surface area contributed by atoms with Crippen LogP contribution in [-0.2, 0) is 24.4 Å². The zero-order valence-corrected chi connectivity index (χ0v) is 14.2. The van der Waals surface area contributed by atoms with E-state index in [0.29, 0.717) is 19.7 Å². The fraction of sp³-hybridized carbons (Fsp3) is 0.529. The number of aromatic nitrogens is 3. The van der Waals surface area contributed by atoms with E-state index in [1.807, 2.05) is 25.1 Å². The lowest BCUT2D eigenvalue weighted by Gasteiger charge is -2.29. The van der Waals surface area contributed by atoms with Crippen molar-refractivity contribution in [1.29, 1.82) is 0 Å². The summed E-state index contributed by atoms with van der Waals surface area (Å²) in [4.78, 5) is 2.18. The van der Waals surface area contributed by atoms with Gasteiger partial charge in [-0.2, -0.15) is 0 Å². The van der Waals surface area contributed by atoms with E-state index in [0.717, 1.165) is 41.8 Å². The van der Waals surface area contributed by atoms with Crippen LogP contribution in [0.1, 0.15) is 17.2 Å². The van der Waals surface area contributed by atoms with Gasteiger partial charge in [-0.05, 0) is 24.6 Å². The maximum absolute atomic E-state index is 10.2. The molecule has 2 aliphatic heterocycles. The third-order valence-electron chi connectivity index (χ3n) is 4.50. The first-order chi connectivity index (χ1) is 12.2. The number of nitrogens with zero attached hydrogens (tertiary/aromatic N) is 4. The van der Waals surface area contributed by atoms with Crippen molar-refractivity contribution in [2.24, 2.45) is 0 Å². The highest BCUT2D eigenvalue weighted by Crippen LogP contribution is 2.32. The molecular formula is C17H22N4O4. The van der Waals surface area contributed by atoms with Gasteiger partial charge >= 0.3 is 0 Å². The summed E-state index contributed by atoms with van der Waals surface area (Å²) in [5.74, 6) is 3.41. The van der Waals surface area contributed by atoms with Crippen molar-refractivity contribution < 1.29 is 19.3 Å². The molecule has 0 saturated carbocycles. The van der Waals surface area contributed by atoms with Gasteiger partial charge in [0.1, 0.15) is 11.6 Å². The Kier molecular flexibility index (Phi) is 4.56. The molecule has 4 rings (SSSR count). The van der Waals surface area contributed by atoms with Crippen LogP contribution in [0.4, 0.5) is 0 Å². The van der Waals surface area contributed by atoms with Gasteiger partial charge in [0.15, 0.2) is 11.5 Å². The average molecular weight is 346 g/mol. The molecule has 2 aromatic rings. The third-order valence-corrected chi connectivity index (χ3v) is 4.50. The minimum atomic E-state index is -0.537. The van der Waals surface area contributed by atoms with Crippen molar-refractivity contribution in [3.05, 3.63) is 35.4 Å². The van der Waals surface area contributed by atoms with Crippen molar-refractivity contribution in [3.63, 3.8) is 0 Å². The average Bonchev–Trinajstić information content (AvgIpc) is 3.21. The van der Waals surface area contributed by atoms with E-state index in [-0.39, 0.29) is 13.4 Å². The standard InChI is InChI=1S/C17H22N4O4/c1-12-18-19-17-8-20(4-5-21(12)17)7-14(22)10-23-9-13-2-3-15-16(6-13)25-11-24-15/h2-3,6,14,22H,4-5,7-11H2,1H3/t14-/m1/s1. The van der Waals surface area contributed by atoms with Crippen molar-refractivity contribution in [2.75, 3.05) is 26.5 Å². The van der Waals surface area contributed by atoms with Crippen LogP contribution in [0.2, 0.25) is 0 Å². The molecule has 1 N–H and O–H groups in total. The fourth-order valence-corrected chi connectivity index (χ4v) is 3.20. The van der Waals surface area contributed by atoms with Crippen LogP contribution in [-0.4, -0.2) is 57.4 Å². The van der Waals surface area contributed by atoms with Crippen molar-refractivity contribution in [2.45, 2.75) is 32.7 Å². The summed E-state index contributed by atoms with van der Waals surface area (Å²) in [5, 5.41) is 18.5. The SMILES string of the molecule is Cc1nnc2n1CCN(C[C@@H](O)COCc1ccc3c(c1)OCO3)C2. The summed E-state index contributed by atoms with van der Waals surface area (Å²) in [6.07, 6.45) is -0.537. The van der Waals surface area contributed by atoms with Gasteiger partial charge in [0.25, 0.3) is 0 Å². The second kappa shape index (κ2) is 6.99. The first-order valence-corrected chi connectivity index (χ1v) is 8.44. The molecule has 3 heterocycles. The predicted octanol–water partition coefficient (Wildman–Crippen LogP) is 0.709. The topological polar surface area (TPSA) is 81.9 Å². The maximum Gasteiger partial charge on any atom is 0.231 e. The Balaban J connectivity index is 1.22. The van der Waals surface area contributed by atoms with Crippen LogP contribution >= 0.6 is 0 Å². The predicted molar refractivity (Wildman–Crippen MR) is 88.3 cm³/mol. The number of benzene rings is 1. The number of rotatable bonds is 6. The molecule has 0 bridgehead atoms. The summed E-state index contributed by atoms with van der Waals surface area (Å²) in [7, 11) is 0. The quantitative estimate of drug-likeness (QED) is 0.825. The van der Waals surface area contributed by atoms with Crippen LogP contribution in [0, 0.1) is 6.92 Å². The zero-order chi connectivity index (χ0) is 17.2. The van der Waals surface area contributed by atoms with E-state index in [2.05, 4.69) is 19.7 Å². The molecule has 0 radical (unpaired) electrons. The fourth-order valence-electron chi connectivity index (χ4n) is 3.20. The van der Waals surface area contributed by atoms with E-state index >= 15 is 0 Å². The first kappa shape index (κ1) is 16.3. The molecular weight excluding hydrogens is 324 g/mol. The molecule has 1 aromatic carbocycles. The van der Waals surface area contributed by atoms with Crippen LogP contribution in [0.3, 0.4) is 0 Å². The Morgan fingerprint density at radius 2 is 2.12 bits per heavy atom. The monoisotopic (exact) mass is 346 g/mol. The Labute approximate surface area is 145 Å². The minimum absolute atomic E-state index is 0.265. The van der Waals surface area contributed by atoms with E-state index < -0.39 is 6.10 Å². The summed E-state index contributed by atoms with van der Waals surface area (Å²) >= 11 is 0. The molecule has 8 heteroatoms. The smallest absolute Gasteiger partial charge is 0.231 e. The van der Waals surface area contributed by atoms with Gasteiger partial charge in [-0.3, -0.25) is 4.90 Å². The van der Waals surface area contributed by atoms with Gasteiger partial charge in [-0.15, -0.1) is 10.2 Å². The highest BCUT2D eigenvalue weighted by atomic mass is 16.7. The van der Waals surface area contributed by atoms with E-state index in [1.54, 1.807) is 0 Å². The maximum atomic E-state index is 10.2. The Hall–Kier alpha value is -2.16. The van der Waals surface area contributed by atoms with E-state index in [1.165, 1.54) is 0 Å². The number of hydrogen-bond acceptors (Lipinski definition) is 7. The molecule has 2 aliphatic rings. The van der Waals surface area contributed by atoms with Gasteiger partial charge < -0.3 is 23.9 Å². The lowest BCUT2D eigenvalue weighted by molar-refractivity contribution is 0.00534. The number of hydrogen-bond donors (Lipinski definition) is 1. The minimum Gasteiger partial charge on any atom is -0.454 e. The molecule has 1 aromatic heterocycles. The number of fused-ring (bicyclic) bond motifs is 2. The van der Waals surface area contributed by atoms with Crippen LogP contribution in [0.5, 0.6) is 11.5 Å². The van der Waals surface area contributed by atoms with Gasteiger partial charge in [0, 0.05) is 19.6 Å². The third kappa shape index (κ3) is 3.60. The molecule has 0 fully saturated rings. The second-order valence-corrected chi connectivity index (χ2v) is 6.41. The lowest BCUT2D eigenvalue weighted by Crippen LogP contribution is -2.40. The molecule has 8 nitrogen and oxygen atoms in total. The summed E-state index contributed by atoms with van der Waals surface area (Å²) in [6.45, 7) is 5.96. The van der Waals surface area contributed by atoms with Crippen molar-refractivity contribution in [3.8, 4) is 11.5 Å². The summed E-state index contributed by atoms with van der Waals surface area (Å²) < 4.78 is 18.4. The summed E-state index contributed by atoms with van der Waals surface area (Å²) in [5.41, 5.74) is 0.998. The first-order valence-electron chi connectivity index (χ1n) is 8.44. The van der Waals surface area contributed by atoms with E-state index in [9.17, 15) is 5.11 Å². The number of β-amino-alcohol motifs (C(OH)–C–C–N with tert-alkyl or cyclic N) is 1.